The molecule has 16 heavy (non-hydrogen) atoms. The third-order valence-corrected chi connectivity index (χ3v) is 3.72. The van der Waals surface area contributed by atoms with Crippen molar-refractivity contribution in [2.24, 2.45) is 17.6 Å². The van der Waals surface area contributed by atoms with Crippen LogP contribution in [0.1, 0.15) is 19.4 Å². The molecule has 0 amide bonds. The molecule has 0 aliphatic carbocycles. The van der Waals surface area contributed by atoms with Crippen LogP contribution in [0.2, 0.25) is 0 Å². The summed E-state index contributed by atoms with van der Waals surface area (Å²) in [5.41, 5.74) is 7.29. The fourth-order valence-corrected chi connectivity index (χ4v) is 2.71. The van der Waals surface area contributed by atoms with Crippen LogP contribution in [0, 0.1) is 11.8 Å². The van der Waals surface area contributed by atoms with E-state index in [4.69, 9.17) is 10.5 Å². The number of nitrogens with zero attached hydrogens (tertiary/aromatic N) is 1. The van der Waals surface area contributed by atoms with Gasteiger partial charge in [0, 0.05) is 17.8 Å². The predicted octanol–water partition coefficient (Wildman–Crippen LogP) is 1.58. The van der Waals surface area contributed by atoms with Crippen molar-refractivity contribution in [3.63, 3.8) is 0 Å². The molecule has 1 unspecified atom stereocenters. The zero-order valence-corrected chi connectivity index (χ0v) is 10.0. The molecule has 0 aromatic carbocycles. The lowest BCUT2D eigenvalue weighted by atomic mass is 9.65. The Hall–Kier alpha value is -0.930. The predicted molar refractivity (Wildman–Crippen MR) is 64.1 cm³/mol. The van der Waals surface area contributed by atoms with Crippen LogP contribution in [-0.4, -0.2) is 24.7 Å². The summed E-state index contributed by atoms with van der Waals surface area (Å²) in [5, 5.41) is 0. The zero-order valence-electron chi connectivity index (χ0n) is 10.0. The normalized spacial score (nSPS) is 20.5. The first-order valence-electron chi connectivity index (χ1n) is 5.89. The van der Waals surface area contributed by atoms with Crippen molar-refractivity contribution in [1.29, 1.82) is 0 Å². The monoisotopic (exact) mass is 220 g/mol. The van der Waals surface area contributed by atoms with Crippen LogP contribution >= 0.6 is 0 Å². The summed E-state index contributed by atoms with van der Waals surface area (Å²) in [4.78, 5) is 4.21. The molecule has 1 saturated heterocycles. The van der Waals surface area contributed by atoms with Gasteiger partial charge in [-0.15, -0.1) is 0 Å². The molecule has 2 N–H and O–H groups in total. The lowest BCUT2D eigenvalue weighted by molar-refractivity contribution is -0.0983. The fourth-order valence-electron chi connectivity index (χ4n) is 2.71. The van der Waals surface area contributed by atoms with Gasteiger partial charge < -0.3 is 10.5 Å². The highest BCUT2D eigenvalue weighted by Crippen LogP contribution is 2.42. The van der Waals surface area contributed by atoms with E-state index in [2.05, 4.69) is 24.9 Å². The molecule has 3 nitrogen and oxygen atoms in total. The molecule has 2 heterocycles. The first-order valence-corrected chi connectivity index (χ1v) is 5.89. The average Bonchev–Trinajstić information content (AvgIpc) is 2.23. The van der Waals surface area contributed by atoms with Gasteiger partial charge in [0.2, 0.25) is 0 Å². The van der Waals surface area contributed by atoms with Gasteiger partial charge in [-0.1, -0.05) is 19.9 Å². The second kappa shape index (κ2) is 4.52. The largest absolute Gasteiger partial charge is 0.379 e. The lowest BCUT2D eigenvalue weighted by Gasteiger charge is -2.48. The van der Waals surface area contributed by atoms with E-state index < -0.39 is 0 Å². The molecule has 1 atom stereocenters. The Morgan fingerprint density at radius 1 is 1.50 bits per heavy atom. The Morgan fingerprint density at radius 2 is 2.25 bits per heavy atom. The Kier molecular flexibility index (Phi) is 3.26. The van der Waals surface area contributed by atoms with Crippen molar-refractivity contribution in [2.75, 3.05) is 19.8 Å². The van der Waals surface area contributed by atoms with Gasteiger partial charge in [-0.3, -0.25) is 4.98 Å². The molecular weight excluding hydrogens is 200 g/mol. The minimum absolute atomic E-state index is 0.0944. The van der Waals surface area contributed by atoms with Gasteiger partial charge in [-0.05, 0) is 30.0 Å². The number of nitrogens with two attached hydrogens (primary N) is 1. The third-order valence-electron chi connectivity index (χ3n) is 3.72. The molecule has 88 valence electrons. The maximum absolute atomic E-state index is 5.93. The van der Waals surface area contributed by atoms with E-state index in [9.17, 15) is 0 Å². The Bertz CT molecular complexity index is 333. The van der Waals surface area contributed by atoms with Crippen molar-refractivity contribution < 1.29 is 4.74 Å². The van der Waals surface area contributed by atoms with Crippen molar-refractivity contribution in [3.8, 4) is 0 Å². The van der Waals surface area contributed by atoms with Crippen LogP contribution in [0.25, 0.3) is 0 Å². The van der Waals surface area contributed by atoms with E-state index in [1.807, 2.05) is 18.5 Å². The van der Waals surface area contributed by atoms with Crippen LogP contribution in [0.15, 0.2) is 24.5 Å². The van der Waals surface area contributed by atoms with Crippen molar-refractivity contribution in [2.45, 2.75) is 19.3 Å². The first-order chi connectivity index (χ1) is 7.70. The Balaban J connectivity index is 2.32. The van der Waals surface area contributed by atoms with E-state index in [-0.39, 0.29) is 5.41 Å². The molecule has 1 aromatic rings. The highest BCUT2D eigenvalue weighted by molar-refractivity contribution is 5.26. The molecule has 1 aromatic heterocycles. The molecule has 0 saturated carbocycles. The molecule has 1 fully saturated rings. The molecule has 2 rings (SSSR count). The summed E-state index contributed by atoms with van der Waals surface area (Å²) >= 11 is 0. The topological polar surface area (TPSA) is 48.1 Å². The van der Waals surface area contributed by atoms with Crippen LogP contribution in [0.3, 0.4) is 0 Å². The molecule has 0 spiro atoms. The van der Waals surface area contributed by atoms with Crippen molar-refractivity contribution in [1.82, 2.24) is 4.98 Å². The van der Waals surface area contributed by atoms with Crippen LogP contribution < -0.4 is 5.73 Å². The number of rotatable bonds is 4. The number of hydrogen-bond donors (Lipinski definition) is 1. The minimum Gasteiger partial charge on any atom is -0.379 e. The van der Waals surface area contributed by atoms with E-state index in [1.165, 1.54) is 5.56 Å². The molecule has 0 radical (unpaired) electrons. The quantitative estimate of drug-likeness (QED) is 0.838. The highest BCUT2D eigenvalue weighted by atomic mass is 16.5. The maximum atomic E-state index is 5.93. The first kappa shape index (κ1) is 11.6. The molecule has 1 aliphatic heterocycles. The number of hydrogen-bond acceptors (Lipinski definition) is 3. The number of pyridine rings is 1. The lowest BCUT2D eigenvalue weighted by Crippen LogP contribution is -2.56. The highest BCUT2D eigenvalue weighted by Gasteiger charge is 2.47. The maximum Gasteiger partial charge on any atom is 0.0589 e. The van der Waals surface area contributed by atoms with Gasteiger partial charge >= 0.3 is 0 Å². The van der Waals surface area contributed by atoms with Crippen LogP contribution in [-0.2, 0) is 10.2 Å². The van der Waals surface area contributed by atoms with Gasteiger partial charge in [-0.25, -0.2) is 0 Å². The fraction of sp³-hybridized carbons (Fsp3) is 0.615. The second-order valence-corrected chi connectivity index (χ2v) is 4.98. The van der Waals surface area contributed by atoms with Gasteiger partial charge in [-0.2, -0.15) is 0 Å². The summed E-state index contributed by atoms with van der Waals surface area (Å²) in [6.07, 6.45) is 3.76. The number of aromatic nitrogens is 1. The summed E-state index contributed by atoms with van der Waals surface area (Å²) in [6, 6.07) is 4.13. The Morgan fingerprint density at radius 3 is 2.62 bits per heavy atom. The second-order valence-electron chi connectivity index (χ2n) is 4.98. The minimum atomic E-state index is 0.0944. The van der Waals surface area contributed by atoms with Gasteiger partial charge in [0.15, 0.2) is 0 Å². The van der Waals surface area contributed by atoms with Crippen LogP contribution in [0.5, 0.6) is 0 Å². The summed E-state index contributed by atoms with van der Waals surface area (Å²) in [6.45, 7) is 6.72. The van der Waals surface area contributed by atoms with Gasteiger partial charge in [0.05, 0.1) is 13.2 Å². The van der Waals surface area contributed by atoms with E-state index in [0.717, 1.165) is 13.2 Å². The smallest absolute Gasteiger partial charge is 0.0589 e. The van der Waals surface area contributed by atoms with E-state index >= 15 is 0 Å². The van der Waals surface area contributed by atoms with Gasteiger partial charge in [0.25, 0.3) is 0 Å². The standard InChI is InChI=1S/C13H20N2O/c1-10(2)12(6-14)13(8-16-9-13)11-4-3-5-15-7-11/h3-5,7,10,12H,6,8-9,14H2,1-2H3. The average molecular weight is 220 g/mol. The molecule has 1 aliphatic rings. The van der Waals surface area contributed by atoms with Crippen molar-refractivity contribution in [3.05, 3.63) is 30.1 Å². The van der Waals surface area contributed by atoms with E-state index in [1.54, 1.807) is 0 Å². The summed E-state index contributed by atoms with van der Waals surface area (Å²) in [7, 11) is 0. The third kappa shape index (κ3) is 1.74. The van der Waals surface area contributed by atoms with Crippen molar-refractivity contribution >= 4 is 0 Å². The molecule has 0 bridgehead atoms. The Labute approximate surface area is 97.0 Å². The zero-order chi connectivity index (χ0) is 11.6. The number of ether oxygens (including phenoxy) is 1. The summed E-state index contributed by atoms with van der Waals surface area (Å²) < 4.78 is 5.44. The SMILES string of the molecule is CC(C)C(CN)C1(c2cccnc2)COC1. The van der Waals surface area contributed by atoms with Gasteiger partial charge in [0.1, 0.15) is 0 Å². The van der Waals surface area contributed by atoms with Crippen LogP contribution in [0.4, 0.5) is 0 Å². The molecule has 3 heteroatoms. The summed E-state index contributed by atoms with van der Waals surface area (Å²) in [5.74, 6) is 1.03. The van der Waals surface area contributed by atoms with E-state index in [0.29, 0.717) is 18.4 Å². The molecular formula is C13H20N2O.